The van der Waals surface area contributed by atoms with E-state index in [1.807, 2.05) is 73.7 Å². The standard InChI is InChI=1S/C29H25FN4OS/c1-20(23-6-3-2-4-7-23)32-28(35)24-13-9-22(10-14-24)19-36-29-33-26-8-5-17-31-27(26)34(29)18-21-11-15-25(30)16-12-21/h2-17,20H,18-19H2,1H3,(H,32,35)/t20-/m1/s1. The van der Waals surface area contributed by atoms with Crippen molar-refractivity contribution in [3.8, 4) is 0 Å². The van der Waals surface area contributed by atoms with Gasteiger partial charge in [-0.1, -0.05) is 66.4 Å². The molecule has 0 unspecified atom stereocenters. The van der Waals surface area contributed by atoms with Crippen molar-refractivity contribution < 1.29 is 9.18 Å². The zero-order chi connectivity index (χ0) is 24.9. The molecule has 2 heterocycles. The number of hydrogen-bond acceptors (Lipinski definition) is 4. The second-order valence-corrected chi connectivity index (χ2v) is 9.49. The molecular formula is C29H25FN4OS. The van der Waals surface area contributed by atoms with Gasteiger partial charge in [0.05, 0.1) is 12.6 Å². The summed E-state index contributed by atoms with van der Waals surface area (Å²) in [5.74, 6) is 0.334. The van der Waals surface area contributed by atoms with E-state index in [4.69, 9.17) is 4.98 Å². The van der Waals surface area contributed by atoms with Crippen LogP contribution in [0.3, 0.4) is 0 Å². The molecule has 0 aliphatic rings. The van der Waals surface area contributed by atoms with Gasteiger partial charge in [-0.2, -0.15) is 0 Å². The normalized spacial score (nSPS) is 11.9. The number of amides is 1. The molecule has 1 atom stereocenters. The molecule has 1 amide bonds. The van der Waals surface area contributed by atoms with E-state index < -0.39 is 0 Å². The molecule has 0 bridgehead atoms. The van der Waals surface area contributed by atoms with Crippen LogP contribution in [0, 0.1) is 5.82 Å². The van der Waals surface area contributed by atoms with Gasteiger partial charge in [0, 0.05) is 17.5 Å². The van der Waals surface area contributed by atoms with Gasteiger partial charge < -0.3 is 5.32 Å². The first-order chi connectivity index (χ1) is 17.6. The second-order valence-electron chi connectivity index (χ2n) is 8.54. The molecule has 3 aromatic carbocycles. The van der Waals surface area contributed by atoms with E-state index in [0.29, 0.717) is 17.9 Å². The molecular weight excluding hydrogens is 471 g/mol. The zero-order valence-electron chi connectivity index (χ0n) is 19.8. The van der Waals surface area contributed by atoms with Gasteiger partial charge in [0.2, 0.25) is 0 Å². The molecule has 5 rings (SSSR count). The lowest BCUT2D eigenvalue weighted by molar-refractivity contribution is 0.0940. The van der Waals surface area contributed by atoms with Gasteiger partial charge in [0.25, 0.3) is 5.91 Å². The lowest BCUT2D eigenvalue weighted by Crippen LogP contribution is -2.26. The van der Waals surface area contributed by atoms with Crippen LogP contribution in [0.25, 0.3) is 11.2 Å². The third kappa shape index (κ3) is 5.47. The molecule has 0 spiro atoms. The predicted octanol–water partition coefficient (Wildman–Crippen LogP) is 6.40. The number of carbonyl (C=O) groups excluding carboxylic acids is 1. The van der Waals surface area contributed by atoms with E-state index in [9.17, 15) is 9.18 Å². The third-order valence-corrected chi connectivity index (χ3v) is 7.00. The predicted molar refractivity (Wildman–Crippen MR) is 141 cm³/mol. The lowest BCUT2D eigenvalue weighted by atomic mass is 10.1. The molecule has 5 nitrogen and oxygen atoms in total. The highest BCUT2D eigenvalue weighted by Crippen LogP contribution is 2.27. The minimum atomic E-state index is -0.256. The molecule has 0 fully saturated rings. The molecule has 0 aliphatic heterocycles. The Balaban J connectivity index is 1.27. The first-order valence-electron chi connectivity index (χ1n) is 11.7. The van der Waals surface area contributed by atoms with Gasteiger partial charge in [0.15, 0.2) is 10.8 Å². The van der Waals surface area contributed by atoms with Gasteiger partial charge >= 0.3 is 0 Å². The first-order valence-corrected chi connectivity index (χ1v) is 12.7. The van der Waals surface area contributed by atoms with Crippen molar-refractivity contribution in [2.75, 3.05) is 0 Å². The Morgan fingerprint density at radius 3 is 2.42 bits per heavy atom. The van der Waals surface area contributed by atoms with Gasteiger partial charge in [-0.3, -0.25) is 9.36 Å². The molecule has 7 heteroatoms. The summed E-state index contributed by atoms with van der Waals surface area (Å²) in [4.78, 5) is 22.0. The second kappa shape index (κ2) is 10.7. The fourth-order valence-electron chi connectivity index (χ4n) is 3.97. The third-order valence-electron chi connectivity index (χ3n) is 5.95. The molecule has 0 saturated heterocycles. The zero-order valence-corrected chi connectivity index (χ0v) is 20.6. The minimum Gasteiger partial charge on any atom is -0.346 e. The fraction of sp³-hybridized carbons (Fsp3) is 0.138. The number of imidazole rings is 1. The summed E-state index contributed by atoms with van der Waals surface area (Å²) in [6, 6.07) is 27.8. The van der Waals surface area contributed by atoms with Crippen LogP contribution >= 0.6 is 11.8 Å². The van der Waals surface area contributed by atoms with E-state index in [-0.39, 0.29) is 17.8 Å². The molecule has 0 aliphatic carbocycles. The Labute approximate surface area is 213 Å². The molecule has 180 valence electrons. The van der Waals surface area contributed by atoms with Crippen LogP contribution < -0.4 is 5.32 Å². The Hall–Kier alpha value is -3.97. The van der Waals surface area contributed by atoms with E-state index >= 15 is 0 Å². The number of halogens is 1. The average Bonchev–Trinajstić information content (AvgIpc) is 3.26. The van der Waals surface area contributed by atoms with Gasteiger partial charge in [0.1, 0.15) is 11.3 Å². The van der Waals surface area contributed by atoms with E-state index in [0.717, 1.165) is 33.0 Å². The van der Waals surface area contributed by atoms with E-state index in [2.05, 4.69) is 14.9 Å². The summed E-state index contributed by atoms with van der Waals surface area (Å²) in [6.07, 6.45) is 1.75. The molecule has 2 aromatic heterocycles. The Morgan fingerprint density at radius 1 is 0.944 bits per heavy atom. The maximum atomic E-state index is 13.4. The number of hydrogen-bond donors (Lipinski definition) is 1. The monoisotopic (exact) mass is 496 g/mol. The Bertz CT molecular complexity index is 1470. The molecule has 1 N–H and O–H groups in total. The summed E-state index contributed by atoms with van der Waals surface area (Å²) >= 11 is 1.61. The summed E-state index contributed by atoms with van der Waals surface area (Å²) in [6.45, 7) is 2.53. The van der Waals surface area contributed by atoms with E-state index in [1.54, 1.807) is 30.1 Å². The van der Waals surface area contributed by atoms with Crippen LogP contribution in [0.15, 0.2) is 102 Å². The number of rotatable bonds is 8. The fourth-order valence-corrected chi connectivity index (χ4v) is 4.93. The average molecular weight is 497 g/mol. The first kappa shape index (κ1) is 23.8. The lowest BCUT2D eigenvalue weighted by Gasteiger charge is -2.14. The quantitative estimate of drug-likeness (QED) is 0.253. The highest BCUT2D eigenvalue weighted by molar-refractivity contribution is 7.98. The number of carbonyl (C=O) groups is 1. The molecule has 0 saturated carbocycles. The van der Waals surface area contributed by atoms with Crippen molar-refractivity contribution >= 4 is 28.8 Å². The topological polar surface area (TPSA) is 59.8 Å². The van der Waals surface area contributed by atoms with Crippen molar-refractivity contribution in [3.05, 3.63) is 125 Å². The van der Waals surface area contributed by atoms with Gasteiger partial charge in [-0.25, -0.2) is 14.4 Å². The summed E-state index contributed by atoms with van der Waals surface area (Å²) in [5, 5.41) is 3.89. The number of nitrogens with zero attached hydrogens (tertiary/aromatic N) is 3. The Kier molecular flexibility index (Phi) is 7.09. The molecule has 0 radical (unpaired) electrons. The van der Waals surface area contributed by atoms with Crippen LogP contribution in [0.5, 0.6) is 0 Å². The van der Waals surface area contributed by atoms with Crippen LogP contribution in [0.1, 0.15) is 40.0 Å². The summed E-state index contributed by atoms with van der Waals surface area (Å²) in [7, 11) is 0. The van der Waals surface area contributed by atoms with Crippen molar-refractivity contribution in [1.82, 2.24) is 19.9 Å². The number of thioether (sulfide) groups is 1. The summed E-state index contributed by atoms with van der Waals surface area (Å²) in [5.41, 5.74) is 5.37. The van der Waals surface area contributed by atoms with Crippen molar-refractivity contribution in [2.24, 2.45) is 0 Å². The Morgan fingerprint density at radius 2 is 1.67 bits per heavy atom. The highest BCUT2D eigenvalue weighted by atomic mass is 32.2. The van der Waals surface area contributed by atoms with Crippen molar-refractivity contribution in [1.29, 1.82) is 0 Å². The summed E-state index contributed by atoms with van der Waals surface area (Å²) < 4.78 is 15.4. The maximum absolute atomic E-state index is 13.4. The molecule has 36 heavy (non-hydrogen) atoms. The van der Waals surface area contributed by atoms with Crippen molar-refractivity contribution in [3.63, 3.8) is 0 Å². The van der Waals surface area contributed by atoms with Gasteiger partial charge in [-0.05, 0) is 60.0 Å². The smallest absolute Gasteiger partial charge is 0.251 e. The SMILES string of the molecule is C[C@@H](NC(=O)c1ccc(CSc2nc3cccnc3n2Cc2ccc(F)cc2)cc1)c1ccccc1. The number of pyridine rings is 1. The minimum absolute atomic E-state index is 0.0726. The maximum Gasteiger partial charge on any atom is 0.251 e. The number of nitrogens with one attached hydrogen (secondary N) is 1. The van der Waals surface area contributed by atoms with Crippen LogP contribution in [0.2, 0.25) is 0 Å². The van der Waals surface area contributed by atoms with Crippen LogP contribution in [0.4, 0.5) is 4.39 Å². The largest absolute Gasteiger partial charge is 0.346 e. The highest BCUT2D eigenvalue weighted by Gasteiger charge is 2.14. The van der Waals surface area contributed by atoms with Crippen LogP contribution in [-0.4, -0.2) is 20.4 Å². The van der Waals surface area contributed by atoms with Crippen molar-refractivity contribution in [2.45, 2.75) is 30.4 Å². The van der Waals surface area contributed by atoms with Gasteiger partial charge in [-0.15, -0.1) is 0 Å². The van der Waals surface area contributed by atoms with Crippen LogP contribution in [-0.2, 0) is 12.3 Å². The number of aromatic nitrogens is 3. The number of fused-ring (bicyclic) bond motifs is 1. The number of benzene rings is 3. The van der Waals surface area contributed by atoms with E-state index in [1.165, 1.54) is 12.1 Å². The molecule has 5 aromatic rings.